The van der Waals surface area contributed by atoms with Gasteiger partial charge in [0.05, 0.1) is 10.6 Å². The van der Waals surface area contributed by atoms with Gasteiger partial charge in [0.15, 0.2) is 0 Å². The topological polar surface area (TPSA) is 59.4 Å². The number of carbonyl (C=O) groups is 1. The van der Waals surface area contributed by atoms with Crippen molar-refractivity contribution in [3.05, 3.63) is 52.7 Å². The minimum absolute atomic E-state index is 0.0730. The van der Waals surface area contributed by atoms with E-state index in [2.05, 4.69) is 4.98 Å². The van der Waals surface area contributed by atoms with Crippen molar-refractivity contribution in [3.8, 4) is 11.6 Å². The Bertz CT molecular complexity index is 689. The number of pyridine rings is 1. The van der Waals surface area contributed by atoms with E-state index in [-0.39, 0.29) is 22.2 Å². The highest BCUT2D eigenvalue weighted by Gasteiger charge is 2.30. The van der Waals surface area contributed by atoms with E-state index in [4.69, 9.17) is 21.4 Å². The third-order valence-electron chi connectivity index (χ3n) is 2.42. The van der Waals surface area contributed by atoms with Crippen molar-refractivity contribution >= 4 is 17.6 Å². The van der Waals surface area contributed by atoms with Crippen LogP contribution in [0.15, 0.2) is 36.5 Å². The number of aromatic carboxylic acids is 1. The third-order valence-corrected chi connectivity index (χ3v) is 2.63. The molecule has 110 valence electrons. The Morgan fingerprint density at radius 2 is 2.00 bits per heavy atom. The molecule has 0 amide bonds. The molecule has 0 bridgehead atoms. The van der Waals surface area contributed by atoms with Crippen LogP contribution in [0.5, 0.6) is 11.6 Å². The second-order valence-corrected chi connectivity index (χ2v) is 4.38. The number of carboxylic acids is 1. The van der Waals surface area contributed by atoms with Crippen molar-refractivity contribution in [1.29, 1.82) is 0 Å². The Morgan fingerprint density at radius 3 is 2.62 bits per heavy atom. The largest absolute Gasteiger partial charge is 0.477 e. The van der Waals surface area contributed by atoms with Crippen LogP contribution >= 0.6 is 11.6 Å². The van der Waals surface area contributed by atoms with E-state index >= 15 is 0 Å². The lowest BCUT2D eigenvalue weighted by Gasteiger charge is -2.10. The number of halogens is 4. The minimum Gasteiger partial charge on any atom is -0.477 e. The van der Waals surface area contributed by atoms with Crippen LogP contribution in [0, 0.1) is 0 Å². The Morgan fingerprint density at radius 1 is 1.29 bits per heavy atom. The van der Waals surface area contributed by atoms with Gasteiger partial charge in [-0.25, -0.2) is 9.78 Å². The number of hydrogen-bond donors (Lipinski definition) is 1. The highest BCUT2D eigenvalue weighted by atomic mass is 35.5. The molecule has 1 aromatic heterocycles. The normalized spacial score (nSPS) is 11.2. The number of aromatic nitrogens is 1. The molecule has 0 radical (unpaired) electrons. The summed E-state index contributed by atoms with van der Waals surface area (Å²) >= 11 is 5.62. The standard InChI is InChI=1S/C13H7ClF3NO3/c14-8-5-10(12(19)20)11(18-6-8)21-9-3-1-2-7(4-9)13(15,16)17/h1-6H,(H,19,20). The predicted octanol–water partition coefficient (Wildman–Crippen LogP) is 4.24. The number of benzene rings is 1. The molecule has 0 unspecified atom stereocenters. The average Bonchev–Trinajstić information content (AvgIpc) is 2.40. The van der Waals surface area contributed by atoms with Gasteiger partial charge in [0, 0.05) is 6.20 Å². The third kappa shape index (κ3) is 3.63. The molecule has 0 saturated carbocycles. The molecule has 0 atom stereocenters. The first-order valence-electron chi connectivity index (χ1n) is 5.51. The maximum Gasteiger partial charge on any atom is 0.416 e. The predicted molar refractivity (Wildman–Crippen MR) is 67.7 cm³/mol. The van der Waals surface area contributed by atoms with Crippen molar-refractivity contribution < 1.29 is 27.8 Å². The molecule has 0 aliphatic rings. The van der Waals surface area contributed by atoms with Crippen molar-refractivity contribution in [3.63, 3.8) is 0 Å². The fraction of sp³-hybridized carbons (Fsp3) is 0.0769. The van der Waals surface area contributed by atoms with Crippen molar-refractivity contribution in [1.82, 2.24) is 4.98 Å². The van der Waals surface area contributed by atoms with Crippen molar-refractivity contribution in [2.24, 2.45) is 0 Å². The SMILES string of the molecule is O=C(O)c1cc(Cl)cnc1Oc1cccc(C(F)(F)F)c1. The molecule has 0 aliphatic carbocycles. The summed E-state index contributed by atoms with van der Waals surface area (Å²) in [6, 6.07) is 5.13. The number of alkyl halides is 3. The van der Waals surface area contributed by atoms with Gasteiger partial charge in [-0.1, -0.05) is 17.7 Å². The van der Waals surface area contributed by atoms with Crippen LogP contribution in [0.4, 0.5) is 13.2 Å². The molecule has 0 fully saturated rings. The van der Waals surface area contributed by atoms with E-state index in [0.29, 0.717) is 0 Å². The van der Waals surface area contributed by atoms with Crippen molar-refractivity contribution in [2.45, 2.75) is 6.18 Å². The van der Waals surface area contributed by atoms with E-state index in [9.17, 15) is 18.0 Å². The number of rotatable bonds is 3. The highest BCUT2D eigenvalue weighted by Crippen LogP contribution is 2.33. The van der Waals surface area contributed by atoms with Crippen LogP contribution in [0.3, 0.4) is 0 Å². The molecular weight excluding hydrogens is 311 g/mol. The van der Waals surface area contributed by atoms with Crippen LogP contribution < -0.4 is 4.74 Å². The molecule has 4 nitrogen and oxygen atoms in total. The monoisotopic (exact) mass is 317 g/mol. The van der Waals surface area contributed by atoms with Gasteiger partial charge in [0.1, 0.15) is 11.3 Å². The van der Waals surface area contributed by atoms with Gasteiger partial charge in [-0.2, -0.15) is 13.2 Å². The smallest absolute Gasteiger partial charge is 0.416 e. The second kappa shape index (κ2) is 5.61. The van der Waals surface area contributed by atoms with E-state index < -0.39 is 17.7 Å². The molecular formula is C13H7ClF3NO3. The molecule has 8 heteroatoms. The van der Waals surface area contributed by atoms with Gasteiger partial charge in [-0.05, 0) is 24.3 Å². The zero-order chi connectivity index (χ0) is 15.6. The van der Waals surface area contributed by atoms with Crippen LogP contribution in [0.2, 0.25) is 5.02 Å². The quantitative estimate of drug-likeness (QED) is 0.919. The Labute approximate surface area is 121 Å². The Balaban J connectivity index is 2.37. The molecule has 1 heterocycles. The zero-order valence-corrected chi connectivity index (χ0v) is 10.9. The maximum absolute atomic E-state index is 12.6. The first-order valence-corrected chi connectivity index (χ1v) is 5.89. The molecule has 2 aromatic rings. The van der Waals surface area contributed by atoms with E-state index in [1.807, 2.05) is 0 Å². The summed E-state index contributed by atoms with van der Waals surface area (Å²) in [6.07, 6.45) is -3.39. The molecule has 1 aromatic carbocycles. The molecule has 0 spiro atoms. The fourth-order valence-electron chi connectivity index (χ4n) is 1.51. The number of ether oxygens (including phenoxy) is 1. The van der Waals surface area contributed by atoms with Crippen LogP contribution in [-0.4, -0.2) is 16.1 Å². The minimum atomic E-state index is -4.53. The summed E-state index contributed by atoms with van der Waals surface area (Å²) in [4.78, 5) is 14.7. The summed E-state index contributed by atoms with van der Waals surface area (Å²) in [6.45, 7) is 0. The van der Waals surface area contributed by atoms with Crippen LogP contribution in [0.25, 0.3) is 0 Å². The first kappa shape index (κ1) is 15.1. The van der Waals surface area contributed by atoms with Crippen molar-refractivity contribution in [2.75, 3.05) is 0 Å². The van der Waals surface area contributed by atoms with E-state index in [0.717, 1.165) is 30.5 Å². The maximum atomic E-state index is 12.6. The fourth-order valence-corrected chi connectivity index (χ4v) is 1.67. The first-order chi connectivity index (χ1) is 9.77. The summed E-state index contributed by atoms with van der Waals surface area (Å²) in [5.74, 6) is -1.87. The van der Waals surface area contributed by atoms with Gasteiger partial charge < -0.3 is 9.84 Å². The lowest BCUT2D eigenvalue weighted by Crippen LogP contribution is -2.05. The molecule has 0 saturated heterocycles. The van der Waals surface area contributed by atoms with Gasteiger partial charge in [0.25, 0.3) is 0 Å². The summed E-state index contributed by atoms with van der Waals surface area (Å²) < 4.78 is 42.9. The van der Waals surface area contributed by atoms with Gasteiger partial charge in [0.2, 0.25) is 5.88 Å². The number of nitrogens with zero attached hydrogens (tertiary/aromatic N) is 1. The van der Waals surface area contributed by atoms with Crippen LogP contribution in [0.1, 0.15) is 15.9 Å². The number of hydrogen-bond acceptors (Lipinski definition) is 3. The van der Waals surface area contributed by atoms with Gasteiger partial charge in [-0.15, -0.1) is 0 Å². The van der Waals surface area contributed by atoms with Gasteiger partial charge in [-0.3, -0.25) is 0 Å². The summed E-state index contributed by atoms with van der Waals surface area (Å²) in [5.41, 5.74) is -1.26. The van der Waals surface area contributed by atoms with Crippen LogP contribution in [-0.2, 0) is 6.18 Å². The lowest BCUT2D eigenvalue weighted by molar-refractivity contribution is -0.137. The van der Waals surface area contributed by atoms with E-state index in [1.165, 1.54) is 6.07 Å². The molecule has 2 rings (SSSR count). The number of carboxylic acid groups (broad SMARTS) is 1. The lowest BCUT2D eigenvalue weighted by atomic mass is 10.2. The summed E-state index contributed by atoms with van der Waals surface area (Å²) in [5, 5.41) is 9.07. The molecule has 21 heavy (non-hydrogen) atoms. The Kier molecular flexibility index (Phi) is 4.04. The highest BCUT2D eigenvalue weighted by molar-refractivity contribution is 6.30. The average molecular weight is 318 g/mol. The van der Waals surface area contributed by atoms with Gasteiger partial charge >= 0.3 is 12.1 Å². The summed E-state index contributed by atoms with van der Waals surface area (Å²) in [7, 11) is 0. The second-order valence-electron chi connectivity index (χ2n) is 3.94. The zero-order valence-electron chi connectivity index (χ0n) is 10.2. The molecule has 1 N–H and O–H groups in total. The molecule has 0 aliphatic heterocycles. The van der Waals surface area contributed by atoms with E-state index in [1.54, 1.807) is 0 Å². The Hall–Kier alpha value is -2.28.